The van der Waals surface area contributed by atoms with Crippen LogP contribution < -0.4 is 5.73 Å². The average molecular weight is 299 g/mol. The van der Waals surface area contributed by atoms with E-state index in [0.717, 1.165) is 18.4 Å². The monoisotopic (exact) mass is 298 g/mol. The lowest BCUT2D eigenvalue weighted by atomic mass is 10.1. The van der Waals surface area contributed by atoms with Crippen LogP contribution in [0.3, 0.4) is 0 Å². The molecule has 5 heteroatoms. The van der Waals surface area contributed by atoms with Crippen LogP contribution in [0.5, 0.6) is 0 Å². The molecule has 4 nitrogen and oxygen atoms in total. The zero-order valence-corrected chi connectivity index (χ0v) is 11.2. The van der Waals surface area contributed by atoms with E-state index in [2.05, 4.69) is 20.9 Å². The molecule has 1 aromatic rings. The van der Waals surface area contributed by atoms with Crippen LogP contribution in [0.25, 0.3) is 0 Å². The molecule has 92 valence electrons. The first kappa shape index (κ1) is 12.5. The zero-order chi connectivity index (χ0) is 12.5. The van der Waals surface area contributed by atoms with Crippen LogP contribution >= 0.6 is 15.9 Å². The molecular weight excluding hydrogens is 284 g/mol. The Bertz CT molecular complexity index is 413. The average Bonchev–Trinajstić information content (AvgIpc) is 3.10. The van der Waals surface area contributed by atoms with Gasteiger partial charge in [-0.2, -0.15) is 0 Å². The fourth-order valence-corrected chi connectivity index (χ4v) is 1.60. The maximum atomic E-state index is 11.2. The molecule has 1 amide bonds. The van der Waals surface area contributed by atoms with E-state index in [9.17, 15) is 4.79 Å². The Morgan fingerprint density at radius 1 is 1.65 bits per heavy atom. The molecular formula is C12H15BrN2O2. The Kier molecular flexibility index (Phi) is 3.49. The van der Waals surface area contributed by atoms with Crippen molar-refractivity contribution in [1.29, 1.82) is 0 Å². The molecule has 1 atom stereocenters. The van der Waals surface area contributed by atoms with E-state index in [1.54, 1.807) is 19.2 Å². The number of pyridine rings is 1. The van der Waals surface area contributed by atoms with Gasteiger partial charge in [-0.15, -0.1) is 0 Å². The minimum absolute atomic E-state index is 0.432. The molecule has 1 aliphatic rings. The number of carbonyl (C=O) groups is 1. The van der Waals surface area contributed by atoms with E-state index in [0.29, 0.717) is 18.4 Å². The number of halogens is 1. The molecule has 1 heterocycles. The highest BCUT2D eigenvalue weighted by Gasteiger charge is 2.31. The molecule has 1 saturated carbocycles. The predicted molar refractivity (Wildman–Crippen MR) is 67.5 cm³/mol. The van der Waals surface area contributed by atoms with E-state index in [-0.39, 0.29) is 0 Å². The van der Waals surface area contributed by atoms with Gasteiger partial charge in [0.05, 0.1) is 18.4 Å². The Labute approximate surface area is 109 Å². The summed E-state index contributed by atoms with van der Waals surface area (Å²) in [5, 5.41) is 0. The van der Waals surface area contributed by atoms with E-state index in [4.69, 9.17) is 10.5 Å². The van der Waals surface area contributed by atoms with Crippen LogP contribution in [-0.4, -0.2) is 17.0 Å². The molecule has 1 fully saturated rings. The second-order valence-electron chi connectivity index (χ2n) is 4.43. The van der Waals surface area contributed by atoms with Crippen LogP contribution in [0.4, 0.5) is 0 Å². The number of hydrogen-bond acceptors (Lipinski definition) is 3. The quantitative estimate of drug-likeness (QED) is 0.844. The van der Waals surface area contributed by atoms with E-state index in [1.807, 2.05) is 6.07 Å². The lowest BCUT2D eigenvalue weighted by molar-refractivity contribution is -0.120. The van der Waals surface area contributed by atoms with Crippen LogP contribution in [0.2, 0.25) is 0 Å². The van der Waals surface area contributed by atoms with Crippen molar-refractivity contribution in [2.75, 3.05) is 0 Å². The number of nitrogens with zero attached hydrogens (tertiary/aromatic N) is 1. The Morgan fingerprint density at radius 2 is 2.35 bits per heavy atom. The number of primary amides is 1. The van der Waals surface area contributed by atoms with Crippen LogP contribution in [0.1, 0.15) is 31.0 Å². The van der Waals surface area contributed by atoms with Gasteiger partial charge in [0.2, 0.25) is 5.91 Å². The maximum absolute atomic E-state index is 11.2. The lowest BCUT2D eigenvalue weighted by Crippen LogP contribution is -2.33. The highest BCUT2D eigenvalue weighted by Crippen LogP contribution is 2.29. The molecule has 17 heavy (non-hydrogen) atoms. The van der Waals surface area contributed by atoms with Crippen molar-refractivity contribution in [1.82, 2.24) is 4.98 Å². The van der Waals surface area contributed by atoms with Gasteiger partial charge in [-0.05, 0) is 31.4 Å². The number of rotatable bonds is 5. The topological polar surface area (TPSA) is 65.2 Å². The van der Waals surface area contributed by atoms with Crippen LogP contribution in [0, 0.1) is 0 Å². The van der Waals surface area contributed by atoms with Gasteiger partial charge in [-0.25, -0.2) is 0 Å². The van der Waals surface area contributed by atoms with Gasteiger partial charge in [-0.1, -0.05) is 22.0 Å². The summed E-state index contributed by atoms with van der Waals surface area (Å²) >= 11 is 3.28. The molecule has 0 bridgehead atoms. The Hall–Kier alpha value is -0.940. The molecule has 0 aromatic carbocycles. The molecule has 0 radical (unpaired) electrons. The summed E-state index contributed by atoms with van der Waals surface area (Å²) in [4.78, 5) is 15.5. The number of hydrogen-bond donors (Lipinski definition) is 1. The van der Waals surface area contributed by atoms with Crippen molar-refractivity contribution in [3.05, 3.63) is 29.6 Å². The number of aromatic nitrogens is 1. The van der Waals surface area contributed by atoms with E-state index >= 15 is 0 Å². The van der Waals surface area contributed by atoms with E-state index in [1.165, 1.54) is 0 Å². The number of nitrogens with two attached hydrogens (primary N) is 1. The van der Waals surface area contributed by atoms with Crippen molar-refractivity contribution < 1.29 is 9.53 Å². The van der Waals surface area contributed by atoms with Crippen molar-refractivity contribution in [2.24, 2.45) is 5.73 Å². The third-order valence-corrected chi connectivity index (χ3v) is 3.58. The van der Waals surface area contributed by atoms with Crippen LogP contribution in [0.15, 0.2) is 18.3 Å². The highest BCUT2D eigenvalue weighted by atomic mass is 79.9. The van der Waals surface area contributed by atoms with Gasteiger partial charge in [0, 0.05) is 6.20 Å². The highest BCUT2D eigenvalue weighted by molar-refractivity contribution is 9.10. The SMILES string of the molecule is CC(Br)(C(N)=O)c1ccc(COC2CC2)cn1. The van der Waals surface area contributed by atoms with Gasteiger partial charge in [0.25, 0.3) is 0 Å². The summed E-state index contributed by atoms with van der Waals surface area (Å²) in [6.07, 6.45) is 4.47. The first-order chi connectivity index (χ1) is 8.00. The minimum atomic E-state index is -0.914. The van der Waals surface area contributed by atoms with Crippen molar-refractivity contribution in [2.45, 2.75) is 36.8 Å². The standard InChI is InChI=1S/C12H15BrN2O2/c1-12(13,11(14)16)10-5-2-8(6-15-10)7-17-9-3-4-9/h2,5-6,9H,3-4,7H2,1H3,(H2,14,16). The van der Waals surface area contributed by atoms with Gasteiger partial charge >= 0.3 is 0 Å². The second-order valence-corrected chi connectivity index (χ2v) is 6.02. The Morgan fingerprint density at radius 3 is 2.82 bits per heavy atom. The summed E-state index contributed by atoms with van der Waals surface area (Å²) in [5.41, 5.74) is 6.92. The summed E-state index contributed by atoms with van der Waals surface area (Å²) in [6, 6.07) is 3.71. The van der Waals surface area contributed by atoms with Crippen molar-refractivity contribution in [3.63, 3.8) is 0 Å². The first-order valence-corrected chi connectivity index (χ1v) is 6.35. The third-order valence-electron chi connectivity index (χ3n) is 2.78. The van der Waals surface area contributed by atoms with Gasteiger partial charge in [0.1, 0.15) is 4.32 Å². The fraction of sp³-hybridized carbons (Fsp3) is 0.500. The predicted octanol–water partition coefficient (Wildman–Crippen LogP) is 1.86. The molecule has 0 saturated heterocycles. The molecule has 1 unspecified atom stereocenters. The normalized spacial score (nSPS) is 18.7. The summed E-state index contributed by atoms with van der Waals surface area (Å²) in [6.45, 7) is 2.27. The largest absolute Gasteiger partial charge is 0.373 e. The molecule has 1 aliphatic carbocycles. The minimum Gasteiger partial charge on any atom is -0.373 e. The molecule has 1 aromatic heterocycles. The van der Waals surface area contributed by atoms with Gasteiger partial charge in [0.15, 0.2) is 0 Å². The summed E-state index contributed by atoms with van der Waals surface area (Å²) < 4.78 is 4.65. The number of carbonyl (C=O) groups excluding carboxylic acids is 1. The fourth-order valence-electron chi connectivity index (χ4n) is 1.36. The zero-order valence-electron chi connectivity index (χ0n) is 9.65. The van der Waals surface area contributed by atoms with E-state index < -0.39 is 10.2 Å². The van der Waals surface area contributed by atoms with Gasteiger partial charge < -0.3 is 10.5 Å². The smallest absolute Gasteiger partial charge is 0.240 e. The summed E-state index contributed by atoms with van der Waals surface area (Å²) in [5.74, 6) is -0.452. The molecule has 0 spiro atoms. The number of ether oxygens (including phenoxy) is 1. The lowest BCUT2D eigenvalue weighted by Gasteiger charge is -2.17. The Balaban J connectivity index is 2.03. The molecule has 0 aliphatic heterocycles. The maximum Gasteiger partial charge on any atom is 0.240 e. The number of alkyl halides is 1. The van der Waals surface area contributed by atoms with Crippen molar-refractivity contribution >= 4 is 21.8 Å². The number of amides is 1. The van der Waals surface area contributed by atoms with Crippen molar-refractivity contribution in [3.8, 4) is 0 Å². The van der Waals surface area contributed by atoms with Gasteiger partial charge in [-0.3, -0.25) is 9.78 Å². The second kappa shape index (κ2) is 4.74. The first-order valence-electron chi connectivity index (χ1n) is 5.56. The summed E-state index contributed by atoms with van der Waals surface area (Å²) in [7, 11) is 0. The van der Waals surface area contributed by atoms with Crippen LogP contribution in [-0.2, 0) is 20.5 Å². The molecule has 2 rings (SSSR count). The molecule has 2 N–H and O–H groups in total. The third kappa shape index (κ3) is 3.04.